The number of carbonyl (C=O) groups excluding carboxylic acids is 7. The lowest BCUT2D eigenvalue weighted by Crippen LogP contribution is -2.64. The van der Waals surface area contributed by atoms with Gasteiger partial charge >= 0.3 is 35.9 Å². The fourth-order valence-electron chi connectivity index (χ4n) is 9.83. The quantitative estimate of drug-likeness (QED) is 0.0878. The Hall–Kier alpha value is -4.95. The molecule has 4 amide bonds. The SMILES string of the molecule is COC(=O)[C@@H]1O[C@H](OC/C(=N\NC(N)=O)[C@]2(O)CC[C@@H]3[C@H]4CCC5=C/C(=N\NC(N)=O)CC[C@]5(C)[C@@H]4C(=O)C[C@@]32C)[C@@H](OC(C)=O)[C@H](OC(C)=O)[C@H]1OC(C)=O. The second kappa shape index (κ2) is 16.3. The third kappa shape index (κ3) is 7.99. The van der Waals surface area contributed by atoms with Gasteiger partial charge in [-0.25, -0.2) is 25.2 Å². The standard InChI is InChI=1S/C36H50N6O14/c1-16(43)53-26-27(54-17(2)44)29(55-18(3)45)31(56-28(26)30(47)51-6)52-15-24(40-42-33(38)49)36(50)12-10-22-21-8-7-19-13-20(39-41-32(37)48)9-11-34(19,4)25(21)23(46)14-35(22,36)5/h13,21-22,25-29,31,50H,7-12,14-15H2,1-6H3,(H3,37,41,48)(H3,38,42,49)/b39-20-,40-24+/t21-,22-,25+,26-,27-,28-,29+,31+,34+,35+,36-/m1/s1. The Morgan fingerprint density at radius 1 is 0.911 bits per heavy atom. The van der Waals surface area contributed by atoms with E-state index < -0.39 is 89.7 Å². The number of amides is 4. The summed E-state index contributed by atoms with van der Waals surface area (Å²) in [6, 6.07) is -1.84. The van der Waals surface area contributed by atoms with Gasteiger partial charge in [-0.3, -0.25) is 19.2 Å². The average Bonchev–Trinajstić information content (AvgIpc) is 3.37. The fraction of sp³-hybridized carbons (Fsp3) is 0.694. The number of hydrogen-bond acceptors (Lipinski definition) is 16. The van der Waals surface area contributed by atoms with E-state index in [1.54, 1.807) is 6.92 Å². The number of nitrogens with two attached hydrogens (primary N) is 2. The predicted molar refractivity (Wildman–Crippen MR) is 191 cm³/mol. The zero-order valence-electron chi connectivity index (χ0n) is 32.2. The number of nitrogens with zero attached hydrogens (tertiary/aromatic N) is 2. The van der Waals surface area contributed by atoms with Crippen molar-refractivity contribution in [3.05, 3.63) is 11.6 Å². The summed E-state index contributed by atoms with van der Waals surface area (Å²) in [6.45, 7) is 6.38. The molecule has 11 atom stereocenters. The van der Waals surface area contributed by atoms with Gasteiger partial charge in [-0.05, 0) is 61.9 Å². The number of esters is 4. The number of Topliss-reactive ketones (excluding diaryl/α,β-unsaturated/α-hetero) is 1. The van der Waals surface area contributed by atoms with Crippen LogP contribution in [0, 0.1) is 28.6 Å². The van der Waals surface area contributed by atoms with E-state index in [0.29, 0.717) is 37.8 Å². The van der Waals surface area contributed by atoms with Crippen LogP contribution in [-0.2, 0) is 52.4 Å². The number of rotatable bonds is 10. The van der Waals surface area contributed by atoms with Crippen molar-refractivity contribution in [2.75, 3.05) is 13.7 Å². The number of carbonyl (C=O) groups is 7. The molecule has 0 aromatic rings. The van der Waals surface area contributed by atoms with Crippen LogP contribution in [0.15, 0.2) is 21.9 Å². The minimum Gasteiger partial charge on any atom is -0.467 e. The highest BCUT2D eigenvalue weighted by Gasteiger charge is 2.68. The molecule has 0 spiro atoms. The van der Waals surface area contributed by atoms with Crippen LogP contribution in [0.2, 0.25) is 0 Å². The first-order valence-electron chi connectivity index (χ1n) is 18.3. The van der Waals surface area contributed by atoms with E-state index in [4.69, 9.17) is 39.9 Å². The molecule has 7 N–H and O–H groups in total. The number of urea groups is 2. The van der Waals surface area contributed by atoms with Crippen LogP contribution in [0.5, 0.6) is 0 Å². The largest absolute Gasteiger partial charge is 0.467 e. The highest BCUT2D eigenvalue weighted by atomic mass is 16.7. The lowest BCUT2D eigenvalue weighted by Gasteiger charge is -2.58. The van der Waals surface area contributed by atoms with Crippen LogP contribution < -0.4 is 22.3 Å². The Labute approximate surface area is 322 Å². The highest BCUT2D eigenvalue weighted by Crippen LogP contribution is 2.66. The van der Waals surface area contributed by atoms with Crippen LogP contribution in [0.1, 0.15) is 79.6 Å². The lowest BCUT2D eigenvalue weighted by molar-refractivity contribution is -0.298. The maximum atomic E-state index is 14.4. The molecule has 0 unspecified atom stereocenters. The molecule has 3 saturated carbocycles. The number of primary amides is 2. The van der Waals surface area contributed by atoms with Gasteiger partial charge in [0, 0.05) is 38.5 Å². The summed E-state index contributed by atoms with van der Waals surface area (Å²) in [5, 5.41) is 21.0. The number of methoxy groups -OCH3 is 1. The fourth-order valence-corrected chi connectivity index (χ4v) is 9.83. The van der Waals surface area contributed by atoms with E-state index in [1.807, 2.05) is 6.08 Å². The maximum absolute atomic E-state index is 14.4. The Kier molecular flexibility index (Phi) is 12.3. The monoisotopic (exact) mass is 790 g/mol. The van der Waals surface area contributed by atoms with Crippen LogP contribution in [0.3, 0.4) is 0 Å². The topological polar surface area (TPSA) is 296 Å². The second-order valence-electron chi connectivity index (χ2n) is 15.4. The molecule has 1 heterocycles. The minimum absolute atomic E-state index is 0.0447. The highest BCUT2D eigenvalue weighted by molar-refractivity contribution is 5.99. The first-order valence-corrected chi connectivity index (χ1v) is 18.3. The Morgan fingerprint density at radius 2 is 1.54 bits per heavy atom. The summed E-state index contributed by atoms with van der Waals surface area (Å²) in [7, 11) is 1.04. The molecule has 4 aliphatic carbocycles. The Balaban J connectivity index is 1.47. The molecule has 308 valence electrons. The van der Waals surface area contributed by atoms with Gasteiger partial charge in [0.15, 0.2) is 30.7 Å². The maximum Gasteiger partial charge on any atom is 0.339 e. The van der Waals surface area contributed by atoms with E-state index >= 15 is 0 Å². The van der Waals surface area contributed by atoms with Gasteiger partial charge in [0.1, 0.15) is 11.4 Å². The zero-order valence-corrected chi connectivity index (χ0v) is 32.2. The van der Waals surface area contributed by atoms with E-state index in [1.165, 1.54) is 0 Å². The molecule has 56 heavy (non-hydrogen) atoms. The molecule has 1 saturated heterocycles. The smallest absolute Gasteiger partial charge is 0.339 e. The first-order chi connectivity index (χ1) is 26.2. The zero-order chi connectivity index (χ0) is 41.3. The van der Waals surface area contributed by atoms with E-state index in [-0.39, 0.29) is 42.1 Å². The molecule has 5 rings (SSSR count). The van der Waals surface area contributed by atoms with Crippen molar-refractivity contribution in [1.29, 1.82) is 0 Å². The van der Waals surface area contributed by atoms with Crippen molar-refractivity contribution in [2.45, 2.75) is 116 Å². The van der Waals surface area contributed by atoms with Gasteiger partial charge in [0.05, 0.1) is 25.1 Å². The molecule has 0 aromatic carbocycles. The number of aliphatic hydroxyl groups is 1. The molecule has 0 bridgehead atoms. The third-order valence-corrected chi connectivity index (χ3v) is 12.1. The summed E-state index contributed by atoms with van der Waals surface area (Å²) in [4.78, 5) is 87.2. The Morgan fingerprint density at radius 3 is 2.14 bits per heavy atom. The Bertz CT molecular complexity index is 1750. The normalized spacial score (nSPS) is 37.1. The molecular weight excluding hydrogens is 740 g/mol. The van der Waals surface area contributed by atoms with Gasteiger partial charge in [0.2, 0.25) is 0 Å². The van der Waals surface area contributed by atoms with Crippen molar-refractivity contribution >= 4 is 53.1 Å². The molecule has 4 fully saturated rings. The van der Waals surface area contributed by atoms with Crippen LogP contribution in [0.25, 0.3) is 0 Å². The molecule has 5 aliphatic rings. The van der Waals surface area contributed by atoms with Crippen molar-refractivity contribution in [1.82, 2.24) is 10.9 Å². The number of fused-ring (bicyclic) bond motifs is 5. The molecular formula is C36H50N6O14. The van der Waals surface area contributed by atoms with Crippen molar-refractivity contribution < 1.29 is 67.1 Å². The summed E-state index contributed by atoms with van der Waals surface area (Å²) >= 11 is 0. The number of hydrazone groups is 2. The molecule has 1 aliphatic heterocycles. The van der Waals surface area contributed by atoms with Gasteiger partial charge in [-0.2, -0.15) is 10.2 Å². The minimum atomic E-state index is -1.87. The number of ketones is 1. The van der Waals surface area contributed by atoms with Crippen LogP contribution in [-0.4, -0.2) is 108 Å². The first kappa shape index (κ1) is 42.2. The van der Waals surface area contributed by atoms with Crippen LogP contribution >= 0.6 is 0 Å². The summed E-state index contributed by atoms with van der Waals surface area (Å²) < 4.78 is 33.0. The summed E-state index contributed by atoms with van der Waals surface area (Å²) in [5.41, 5.74) is 13.1. The molecule has 20 heteroatoms. The van der Waals surface area contributed by atoms with Crippen molar-refractivity contribution in [2.24, 2.45) is 50.3 Å². The van der Waals surface area contributed by atoms with Crippen molar-refractivity contribution in [3.63, 3.8) is 0 Å². The summed E-state index contributed by atoms with van der Waals surface area (Å²) in [6.07, 6.45) is -3.46. The second-order valence-corrected chi connectivity index (χ2v) is 15.4. The van der Waals surface area contributed by atoms with Crippen molar-refractivity contribution in [3.8, 4) is 0 Å². The molecule has 0 aromatic heterocycles. The predicted octanol–water partition coefficient (Wildman–Crippen LogP) is 0.618. The third-order valence-electron chi connectivity index (χ3n) is 12.1. The van der Waals surface area contributed by atoms with E-state index in [2.05, 4.69) is 28.0 Å². The number of ether oxygens (including phenoxy) is 6. The van der Waals surface area contributed by atoms with Crippen LogP contribution in [0.4, 0.5) is 9.59 Å². The molecule has 20 nitrogen and oxygen atoms in total. The van der Waals surface area contributed by atoms with Gasteiger partial charge in [-0.15, -0.1) is 0 Å². The van der Waals surface area contributed by atoms with E-state index in [9.17, 15) is 38.7 Å². The number of hydrogen-bond donors (Lipinski definition) is 5. The van der Waals surface area contributed by atoms with Gasteiger partial charge < -0.3 is 45.0 Å². The van der Waals surface area contributed by atoms with Gasteiger partial charge in [0.25, 0.3) is 0 Å². The summed E-state index contributed by atoms with van der Waals surface area (Å²) in [5.74, 6) is -4.40. The van der Waals surface area contributed by atoms with E-state index in [0.717, 1.165) is 33.5 Å². The number of nitrogens with one attached hydrogen (secondary N) is 2. The molecule has 0 radical (unpaired) electrons. The average molecular weight is 791 g/mol. The number of allylic oxidation sites excluding steroid dienone is 2. The van der Waals surface area contributed by atoms with Gasteiger partial charge in [-0.1, -0.05) is 19.4 Å². The lowest BCUT2D eigenvalue weighted by atomic mass is 9.46.